The van der Waals surface area contributed by atoms with E-state index in [0.717, 1.165) is 17.2 Å². The predicted molar refractivity (Wildman–Crippen MR) is 99.5 cm³/mol. The number of carbonyl (C=O) groups excluding carboxylic acids is 1. The van der Waals surface area contributed by atoms with Crippen LogP contribution in [0.3, 0.4) is 0 Å². The van der Waals surface area contributed by atoms with Gasteiger partial charge in [-0.15, -0.1) is 0 Å². The van der Waals surface area contributed by atoms with E-state index in [1.54, 1.807) is 0 Å². The number of benzene rings is 1. The highest BCUT2D eigenvalue weighted by Crippen LogP contribution is 2.25. The summed E-state index contributed by atoms with van der Waals surface area (Å²) in [7, 11) is 0. The van der Waals surface area contributed by atoms with Crippen molar-refractivity contribution in [2.75, 3.05) is 0 Å². The molecule has 0 aliphatic carbocycles. The molecule has 1 aliphatic heterocycles. The lowest BCUT2D eigenvalue weighted by Gasteiger charge is -2.29. The summed E-state index contributed by atoms with van der Waals surface area (Å²) >= 11 is 0. The van der Waals surface area contributed by atoms with Gasteiger partial charge in [0, 0.05) is 17.1 Å². The van der Waals surface area contributed by atoms with E-state index in [2.05, 4.69) is 11.1 Å². The summed E-state index contributed by atoms with van der Waals surface area (Å²) in [5, 5.41) is 29.3. The van der Waals surface area contributed by atoms with Gasteiger partial charge in [0.25, 0.3) is 6.29 Å². The summed E-state index contributed by atoms with van der Waals surface area (Å²) in [6, 6.07) is 5.65. The summed E-state index contributed by atoms with van der Waals surface area (Å²) in [5.74, 6) is -2.85. The Kier molecular flexibility index (Phi) is 5.53. The summed E-state index contributed by atoms with van der Waals surface area (Å²) in [6.07, 6.45) is 0.315. The molecule has 3 unspecified atom stereocenters. The van der Waals surface area contributed by atoms with E-state index >= 15 is 0 Å². The van der Waals surface area contributed by atoms with Gasteiger partial charge in [0.1, 0.15) is 6.10 Å². The fraction of sp³-hybridized carbons (Fsp3) is 0.300. The zero-order chi connectivity index (χ0) is 20.4. The van der Waals surface area contributed by atoms with Crippen LogP contribution < -0.4 is 0 Å². The molecule has 1 aromatic heterocycles. The number of aliphatic hydroxyl groups is 2. The van der Waals surface area contributed by atoms with Crippen molar-refractivity contribution in [2.24, 2.45) is 0 Å². The fourth-order valence-electron chi connectivity index (χ4n) is 2.82. The average molecular weight is 387 g/mol. The smallest absolute Gasteiger partial charge is 0.371 e. The number of aliphatic hydroxyl groups excluding tert-OH is 2. The molecular weight excluding hydrogens is 366 g/mol. The van der Waals surface area contributed by atoms with Gasteiger partial charge in [-0.1, -0.05) is 17.7 Å². The predicted octanol–water partition coefficient (Wildman–Crippen LogP) is 1.88. The normalized spacial score (nSPS) is 21.6. The highest BCUT2D eigenvalue weighted by Gasteiger charge is 2.37. The number of aromatic nitrogens is 1. The Balaban J connectivity index is 1.83. The van der Waals surface area contributed by atoms with Crippen LogP contribution in [0.25, 0.3) is 10.9 Å². The van der Waals surface area contributed by atoms with Gasteiger partial charge in [-0.2, -0.15) is 0 Å². The minimum atomic E-state index is -1.64. The molecule has 4 N–H and O–H groups in total. The Bertz CT molecular complexity index is 968. The van der Waals surface area contributed by atoms with Crippen molar-refractivity contribution in [3.63, 3.8) is 0 Å². The van der Waals surface area contributed by atoms with E-state index in [1.807, 2.05) is 32.0 Å². The molecule has 3 atom stereocenters. The zero-order valence-electron chi connectivity index (χ0n) is 15.4. The minimum absolute atomic E-state index is 0.214. The quantitative estimate of drug-likeness (QED) is 0.455. The number of allylic oxidation sites excluding steroid dienone is 2. The van der Waals surface area contributed by atoms with Crippen molar-refractivity contribution in [1.82, 2.24) is 4.98 Å². The topological polar surface area (TPSA) is 129 Å². The first-order valence-corrected chi connectivity index (χ1v) is 8.68. The summed E-state index contributed by atoms with van der Waals surface area (Å²) < 4.78 is 10.1. The van der Waals surface area contributed by atoms with Crippen LogP contribution in [0, 0.1) is 0 Å². The second-order valence-electron chi connectivity index (χ2n) is 6.78. The number of rotatable bonds is 5. The van der Waals surface area contributed by atoms with E-state index in [1.165, 1.54) is 11.8 Å². The third-order valence-electron chi connectivity index (χ3n) is 4.34. The van der Waals surface area contributed by atoms with Crippen molar-refractivity contribution in [1.29, 1.82) is 0 Å². The molecule has 0 saturated heterocycles. The molecule has 0 radical (unpaired) electrons. The van der Waals surface area contributed by atoms with Crippen LogP contribution in [0.5, 0.6) is 0 Å². The second-order valence-corrected chi connectivity index (χ2v) is 6.78. The Morgan fingerprint density at radius 2 is 2.04 bits per heavy atom. The maximum absolute atomic E-state index is 12.6. The molecule has 0 fully saturated rings. The van der Waals surface area contributed by atoms with Crippen molar-refractivity contribution < 1.29 is 34.4 Å². The van der Waals surface area contributed by atoms with Crippen molar-refractivity contribution >= 4 is 22.8 Å². The first-order valence-electron chi connectivity index (χ1n) is 8.68. The molecule has 0 spiro atoms. The van der Waals surface area contributed by atoms with Crippen LogP contribution >= 0.6 is 0 Å². The number of fused-ring (bicyclic) bond motifs is 1. The van der Waals surface area contributed by atoms with Gasteiger partial charge < -0.3 is 29.8 Å². The maximum atomic E-state index is 12.6. The SMILES string of the molecule is CC(C)=CCc1ccc2[nH]cc(C(=O)OC3OC(C(=O)O)=CC(O)C3O)c2c1. The molecule has 28 heavy (non-hydrogen) atoms. The number of esters is 1. The number of carboxylic acid groups (broad SMARTS) is 1. The van der Waals surface area contributed by atoms with Gasteiger partial charge in [-0.25, -0.2) is 9.59 Å². The average Bonchev–Trinajstić information content (AvgIpc) is 3.06. The molecule has 8 nitrogen and oxygen atoms in total. The molecular formula is C20H21NO7. The molecule has 2 heterocycles. The lowest BCUT2D eigenvalue weighted by atomic mass is 10.1. The Morgan fingerprint density at radius 1 is 1.29 bits per heavy atom. The highest BCUT2D eigenvalue weighted by molar-refractivity contribution is 6.04. The van der Waals surface area contributed by atoms with Gasteiger partial charge in [0.05, 0.1) is 5.56 Å². The standard InChI is InChI=1S/C20H21NO7/c1-10(2)3-4-11-5-6-14-12(7-11)13(9-21-14)19(26)28-20-17(23)15(22)8-16(27-20)18(24)25/h3,5-9,15,17,20-23H,4H2,1-2H3,(H,24,25). The first-order chi connectivity index (χ1) is 13.3. The zero-order valence-corrected chi connectivity index (χ0v) is 15.4. The molecule has 8 heteroatoms. The van der Waals surface area contributed by atoms with Crippen LogP contribution in [0.1, 0.15) is 29.8 Å². The van der Waals surface area contributed by atoms with Crippen LogP contribution in [0.15, 0.2) is 47.9 Å². The second kappa shape index (κ2) is 7.87. The largest absolute Gasteiger partial charge is 0.475 e. The van der Waals surface area contributed by atoms with Gasteiger partial charge in [-0.05, 0) is 44.0 Å². The number of nitrogens with one attached hydrogen (secondary N) is 1. The molecule has 1 aromatic carbocycles. The van der Waals surface area contributed by atoms with Crippen LogP contribution in [-0.4, -0.2) is 50.7 Å². The number of aliphatic carboxylic acids is 1. The Morgan fingerprint density at radius 3 is 2.71 bits per heavy atom. The molecule has 0 bridgehead atoms. The highest BCUT2D eigenvalue weighted by atomic mass is 16.7. The number of hydrogen-bond donors (Lipinski definition) is 4. The molecule has 0 amide bonds. The molecule has 148 valence electrons. The molecule has 3 rings (SSSR count). The summed E-state index contributed by atoms with van der Waals surface area (Å²) in [4.78, 5) is 26.6. The third kappa shape index (κ3) is 4.08. The summed E-state index contributed by atoms with van der Waals surface area (Å²) in [5.41, 5.74) is 3.12. The number of carbonyl (C=O) groups is 2. The van der Waals surface area contributed by atoms with Crippen LogP contribution in [0.4, 0.5) is 0 Å². The maximum Gasteiger partial charge on any atom is 0.371 e. The first kappa shape index (κ1) is 19.7. The number of aromatic amines is 1. The van der Waals surface area contributed by atoms with Crippen LogP contribution in [0.2, 0.25) is 0 Å². The third-order valence-corrected chi connectivity index (χ3v) is 4.34. The van der Waals surface area contributed by atoms with E-state index in [0.29, 0.717) is 11.8 Å². The Hall–Kier alpha value is -3.10. The van der Waals surface area contributed by atoms with E-state index in [9.17, 15) is 19.8 Å². The van der Waals surface area contributed by atoms with Crippen LogP contribution in [-0.2, 0) is 20.7 Å². The van der Waals surface area contributed by atoms with Crippen molar-refractivity contribution in [3.05, 3.63) is 59.0 Å². The fourth-order valence-corrected chi connectivity index (χ4v) is 2.82. The van der Waals surface area contributed by atoms with Crippen molar-refractivity contribution in [2.45, 2.75) is 38.8 Å². The lowest BCUT2D eigenvalue weighted by molar-refractivity contribution is -0.184. The number of carboxylic acids is 1. The summed E-state index contributed by atoms with van der Waals surface area (Å²) in [6.45, 7) is 4.00. The molecule has 0 saturated carbocycles. The van der Waals surface area contributed by atoms with Gasteiger partial charge in [0.15, 0.2) is 6.10 Å². The van der Waals surface area contributed by atoms with Crippen molar-refractivity contribution in [3.8, 4) is 0 Å². The molecule has 2 aromatic rings. The number of hydrogen-bond acceptors (Lipinski definition) is 6. The number of ether oxygens (including phenoxy) is 2. The molecule has 1 aliphatic rings. The minimum Gasteiger partial charge on any atom is -0.475 e. The van der Waals surface area contributed by atoms with Gasteiger partial charge in [-0.3, -0.25) is 0 Å². The van der Waals surface area contributed by atoms with E-state index in [-0.39, 0.29) is 5.56 Å². The number of H-pyrrole nitrogens is 1. The van der Waals surface area contributed by atoms with Gasteiger partial charge in [0.2, 0.25) is 5.76 Å². The Labute approximate surface area is 160 Å². The lowest BCUT2D eigenvalue weighted by Crippen LogP contribution is -2.45. The monoisotopic (exact) mass is 387 g/mol. The van der Waals surface area contributed by atoms with E-state index in [4.69, 9.17) is 14.6 Å². The van der Waals surface area contributed by atoms with E-state index < -0.39 is 36.2 Å². The van der Waals surface area contributed by atoms with Gasteiger partial charge >= 0.3 is 11.9 Å².